The monoisotopic (exact) mass is 460 g/mol. The summed E-state index contributed by atoms with van der Waals surface area (Å²) in [4.78, 5) is 13.4. The Morgan fingerprint density at radius 3 is 2.31 bits per heavy atom. The molecule has 0 spiro atoms. The average molecular weight is 461 g/mol. The Morgan fingerprint density at radius 2 is 1.66 bits per heavy atom. The minimum atomic E-state index is -2.01. The van der Waals surface area contributed by atoms with Crippen molar-refractivity contribution in [2.75, 3.05) is 6.61 Å². The van der Waals surface area contributed by atoms with E-state index in [0.717, 1.165) is 26.4 Å². The summed E-state index contributed by atoms with van der Waals surface area (Å²) >= 11 is 1.56. The number of aliphatic hydroxyl groups is 5. The molecule has 0 radical (unpaired) electrons. The number of rotatable bonds is 9. The van der Waals surface area contributed by atoms with Crippen LogP contribution in [0.2, 0.25) is 0 Å². The molecule has 3 aromatic rings. The van der Waals surface area contributed by atoms with Crippen LogP contribution in [0, 0.1) is 12.7 Å². The maximum absolute atomic E-state index is 13.2. The molecule has 1 heterocycles. The molecule has 0 amide bonds. The first-order valence-corrected chi connectivity index (χ1v) is 10.8. The van der Waals surface area contributed by atoms with Gasteiger partial charge in [-0.25, -0.2) is 4.39 Å². The molecule has 0 aliphatic rings. The zero-order chi connectivity index (χ0) is 23.4. The van der Waals surface area contributed by atoms with E-state index in [0.29, 0.717) is 12.0 Å². The second-order valence-corrected chi connectivity index (χ2v) is 8.80. The van der Waals surface area contributed by atoms with E-state index in [1.54, 1.807) is 41.7 Å². The van der Waals surface area contributed by atoms with Crippen LogP contribution in [0.4, 0.5) is 4.39 Å². The quantitative estimate of drug-likeness (QED) is 0.334. The van der Waals surface area contributed by atoms with Crippen LogP contribution in [0.1, 0.15) is 27.7 Å². The van der Waals surface area contributed by atoms with Crippen molar-refractivity contribution >= 4 is 17.1 Å². The van der Waals surface area contributed by atoms with Gasteiger partial charge in [0.2, 0.25) is 0 Å². The van der Waals surface area contributed by atoms with E-state index in [4.69, 9.17) is 5.11 Å². The maximum Gasteiger partial charge on any atom is 0.189 e. The summed E-state index contributed by atoms with van der Waals surface area (Å²) in [5, 5.41) is 49.2. The molecule has 2 aromatic carbocycles. The Balaban J connectivity index is 1.77. The molecule has 8 heteroatoms. The Bertz CT molecular complexity index is 1060. The van der Waals surface area contributed by atoms with E-state index in [9.17, 15) is 29.6 Å². The number of carbonyl (C=O) groups excluding carboxylic acids is 1. The van der Waals surface area contributed by atoms with E-state index >= 15 is 0 Å². The van der Waals surface area contributed by atoms with Crippen LogP contribution >= 0.6 is 11.3 Å². The van der Waals surface area contributed by atoms with Gasteiger partial charge in [-0.15, -0.1) is 11.3 Å². The molecule has 4 atom stereocenters. The lowest BCUT2D eigenvalue weighted by atomic mass is 9.93. The Hall–Kier alpha value is -2.46. The van der Waals surface area contributed by atoms with Crippen LogP contribution in [-0.2, 0) is 11.2 Å². The molecule has 32 heavy (non-hydrogen) atoms. The van der Waals surface area contributed by atoms with Crippen molar-refractivity contribution in [3.05, 3.63) is 82.0 Å². The number of halogens is 1. The van der Waals surface area contributed by atoms with Gasteiger partial charge >= 0.3 is 0 Å². The summed E-state index contributed by atoms with van der Waals surface area (Å²) < 4.78 is 13.2. The van der Waals surface area contributed by atoms with Crippen molar-refractivity contribution < 1.29 is 34.7 Å². The molecular formula is C24H25FO6S. The first-order chi connectivity index (χ1) is 15.2. The normalized spacial score (nSPS) is 15.2. The van der Waals surface area contributed by atoms with Crippen LogP contribution in [0.5, 0.6) is 0 Å². The van der Waals surface area contributed by atoms with E-state index in [1.165, 1.54) is 12.1 Å². The lowest BCUT2D eigenvalue weighted by Gasteiger charge is -2.26. The highest BCUT2D eigenvalue weighted by Crippen LogP contribution is 2.31. The van der Waals surface area contributed by atoms with Gasteiger partial charge in [0.15, 0.2) is 5.78 Å². The summed E-state index contributed by atoms with van der Waals surface area (Å²) in [6, 6.07) is 15.3. The summed E-state index contributed by atoms with van der Waals surface area (Å²) in [6.45, 7) is 0.922. The maximum atomic E-state index is 13.2. The molecule has 0 aliphatic carbocycles. The summed E-state index contributed by atoms with van der Waals surface area (Å²) in [5.41, 5.74) is 3.08. The van der Waals surface area contributed by atoms with Gasteiger partial charge in [-0.3, -0.25) is 4.79 Å². The van der Waals surface area contributed by atoms with Crippen molar-refractivity contribution in [2.45, 2.75) is 37.8 Å². The molecule has 1 aromatic heterocycles. The molecule has 6 nitrogen and oxygen atoms in total. The number of thiophene rings is 1. The predicted molar refractivity (Wildman–Crippen MR) is 119 cm³/mol. The lowest BCUT2D eigenvalue weighted by molar-refractivity contribution is -0.147. The Kier molecular flexibility index (Phi) is 7.89. The van der Waals surface area contributed by atoms with Crippen LogP contribution in [-0.4, -0.2) is 56.2 Å². The minimum absolute atomic E-state index is 0.294. The molecule has 0 saturated heterocycles. The van der Waals surface area contributed by atoms with Gasteiger partial charge in [0.1, 0.15) is 36.8 Å². The second kappa shape index (κ2) is 10.4. The highest BCUT2D eigenvalue weighted by molar-refractivity contribution is 7.15. The molecule has 0 aliphatic heterocycles. The highest BCUT2D eigenvalue weighted by Gasteiger charge is 2.34. The largest absolute Gasteiger partial charge is 0.388 e. The topological polar surface area (TPSA) is 118 Å². The number of hydrogen-bond acceptors (Lipinski definition) is 7. The van der Waals surface area contributed by atoms with Crippen molar-refractivity contribution in [2.24, 2.45) is 0 Å². The van der Waals surface area contributed by atoms with Gasteiger partial charge in [0.25, 0.3) is 0 Å². The first kappa shape index (κ1) is 24.2. The van der Waals surface area contributed by atoms with Gasteiger partial charge in [0.05, 0.1) is 0 Å². The first-order valence-electron chi connectivity index (χ1n) is 10.0. The summed E-state index contributed by atoms with van der Waals surface area (Å²) in [6.07, 6.45) is -6.79. The van der Waals surface area contributed by atoms with Gasteiger partial charge in [-0.1, -0.05) is 30.3 Å². The number of Topliss-reactive ketones (excluding diaryl/α,β-unsaturated/α-hetero) is 1. The number of aliphatic hydroxyl groups excluding tert-OH is 5. The molecular weight excluding hydrogens is 435 g/mol. The molecule has 170 valence electrons. The number of aryl methyl sites for hydroxylation is 1. The van der Waals surface area contributed by atoms with Gasteiger partial charge < -0.3 is 25.5 Å². The summed E-state index contributed by atoms with van der Waals surface area (Å²) in [5.74, 6) is -1.35. The number of benzene rings is 2. The minimum Gasteiger partial charge on any atom is -0.388 e. The van der Waals surface area contributed by atoms with E-state index < -0.39 is 36.8 Å². The third kappa shape index (κ3) is 5.47. The molecule has 0 bridgehead atoms. The third-order valence-electron chi connectivity index (χ3n) is 5.35. The van der Waals surface area contributed by atoms with Gasteiger partial charge in [-0.05, 0) is 53.4 Å². The summed E-state index contributed by atoms with van der Waals surface area (Å²) in [7, 11) is 0. The highest BCUT2D eigenvalue weighted by atomic mass is 32.1. The zero-order valence-corrected chi connectivity index (χ0v) is 18.2. The van der Waals surface area contributed by atoms with Crippen LogP contribution in [0.25, 0.3) is 10.4 Å². The van der Waals surface area contributed by atoms with Crippen LogP contribution in [0.3, 0.4) is 0 Å². The number of ketones is 1. The van der Waals surface area contributed by atoms with Crippen molar-refractivity contribution in [3.63, 3.8) is 0 Å². The third-order valence-corrected chi connectivity index (χ3v) is 6.49. The number of carbonyl (C=O) groups is 1. The molecule has 0 fully saturated rings. The predicted octanol–water partition coefficient (Wildman–Crippen LogP) is 2.13. The lowest BCUT2D eigenvalue weighted by Crippen LogP contribution is -2.45. The average Bonchev–Trinajstić information content (AvgIpc) is 3.26. The fourth-order valence-electron chi connectivity index (χ4n) is 3.35. The standard InChI is InChI=1S/C24H25FO6S/c1-13-2-3-15(21(28)23(30)24(31)22(29)19(27)12-26)10-16(13)11-18-8-9-20(32-18)14-4-6-17(25)7-5-14/h2-10,21-24,26,28-31H,11-12H2,1H3/t21?,22-,23+,24+/m1/s1. The van der Waals surface area contributed by atoms with Crippen LogP contribution < -0.4 is 0 Å². The van der Waals surface area contributed by atoms with Crippen molar-refractivity contribution in [3.8, 4) is 10.4 Å². The van der Waals surface area contributed by atoms with E-state index in [1.807, 2.05) is 19.1 Å². The Labute approximate surface area is 188 Å². The van der Waals surface area contributed by atoms with Gasteiger partial charge in [-0.2, -0.15) is 0 Å². The van der Waals surface area contributed by atoms with E-state index in [2.05, 4.69) is 0 Å². The van der Waals surface area contributed by atoms with Crippen molar-refractivity contribution in [1.82, 2.24) is 0 Å². The van der Waals surface area contributed by atoms with Gasteiger partial charge in [0, 0.05) is 16.2 Å². The fourth-order valence-corrected chi connectivity index (χ4v) is 4.39. The van der Waals surface area contributed by atoms with Crippen molar-refractivity contribution in [1.29, 1.82) is 0 Å². The SMILES string of the molecule is Cc1ccc(C(O)[C@H](O)[C@@H](O)[C@H](O)C(=O)CO)cc1Cc1ccc(-c2ccc(F)cc2)s1. The smallest absolute Gasteiger partial charge is 0.189 e. The molecule has 1 unspecified atom stereocenters. The number of hydrogen-bond donors (Lipinski definition) is 5. The molecule has 5 N–H and O–H groups in total. The second-order valence-electron chi connectivity index (χ2n) is 7.63. The molecule has 3 rings (SSSR count). The fraction of sp³-hybridized carbons (Fsp3) is 0.292. The zero-order valence-electron chi connectivity index (χ0n) is 17.4. The van der Waals surface area contributed by atoms with Crippen LogP contribution in [0.15, 0.2) is 54.6 Å². The van der Waals surface area contributed by atoms with E-state index in [-0.39, 0.29) is 5.82 Å². The Morgan fingerprint density at radius 1 is 0.969 bits per heavy atom. The molecule has 0 saturated carbocycles.